The Balaban J connectivity index is 2.83. The Labute approximate surface area is 119 Å². The van der Waals surface area contributed by atoms with Crippen LogP contribution in [0.5, 0.6) is 0 Å². The van der Waals surface area contributed by atoms with Gasteiger partial charge in [-0.2, -0.15) is 0 Å². The molecular formula is C17H32N2. The molecule has 1 rings (SSSR count). The molecule has 1 heterocycles. The van der Waals surface area contributed by atoms with Crippen molar-refractivity contribution in [3.8, 4) is 0 Å². The van der Waals surface area contributed by atoms with Gasteiger partial charge in [0.1, 0.15) is 0 Å². The molecule has 2 N–H and O–H groups in total. The molecule has 0 aromatic rings. The van der Waals surface area contributed by atoms with Crippen molar-refractivity contribution in [1.29, 1.82) is 0 Å². The molecule has 0 saturated carbocycles. The fraction of sp³-hybridized carbons (Fsp3) is 0.765. The topological polar surface area (TPSA) is 24.1 Å². The monoisotopic (exact) mass is 264 g/mol. The largest absolute Gasteiger partial charge is 0.384 e. The third-order valence-electron chi connectivity index (χ3n) is 4.32. The number of piperidine rings is 1. The molecule has 2 heteroatoms. The molecule has 2 nitrogen and oxygen atoms in total. The summed E-state index contributed by atoms with van der Waals surface area (Å²) in [7, 11) is 0. The molecule has 1 fully saturated rings. The number of hydrogen-bond acceptors (Lipinski definition) is 2. The van der Waals surface area contributed by atoms with Gasteiger partial charge in [0.25, 0.3) is 0 Å². The summed E-state index contributed by atoms with van der Waals surface area (Å²) < 4.78 is 0. The van der Waals surface area contributed by atoms with Crippen molar-refractivity contribution in [3.63, 3.8) is 0 Å². The van der Waals surface area contributed by atoms with E-state index >= 15 is 0 Å². The predicted molar refractivity (Wildman–Crippen MR) is 85.2 cm³/mol. The normalized spacial score (nSPS) is 20.6. The van der Waals surface area contributed by atoms with E-state index < -0.39 is 0 Å². The fourth-order valence-corrected chi connectivity index (χ4v) is 3.06. The van der Waals surface area contributed by atoms with Crippen molar-refractivity contribution >= 4 is 0 Å². The molecule has 0 aliphatic carbocycles. The number of hydrogen-bond donors (Lipinski definition) is 2. The number of rotatable bonds is 6. The summed E-state index contributed by atoms with van der Waals surface area (Å²) in [6.07, 6.45) is 6.73. The zero-order valence-corrected chi connectivity index (χ0v) is 13.3. The zero-order chi connectivity index (χ0) is 14.5. The molecule has 0 bridgehead atoms. The van der Waals surface area contributed by atoms with Gasteiger partial charge >= 0.3 is 0 Å². The van der Waals surface area contributed by atoms with Gasteiger partial charge in [0.15, 0.2) is 0 Å². The highest BCUT2D eigenvalue weighted by molar-refractivity contribution is 5.12. The third kappa shape index (κ3) is 4.68. The van der Waals surface area contributed by atoms with Crippen LogP contribution in [-0.4, -0.2) is 18.6 Å². The van der Waals surface area contributed by atoms with Crippen molar-refractivity contribution in [1.82, 2.24) is 10.6 Å². The average Bonchev–Trinajstić information content (AvgIpc) is 2.35. The van der Waals surface area contributed by atoms with E-state index in [9.17, 15) is 0 Å². The van der Waals surface area contributed by atoms with Crippen LogP contribution in [0.3, 0.4) is 0 Å². The summed E-state index contributed by atoms with van der Waals surface area (Å²) in [5.74, 6) is 0.719. The molecule has 1 unspecified atom stereocenters. The summed E-state index contributed by atoms with van der Waals surface area (Å²) in [5, 5.41) is 7.08. The van der Waals surface area contributed by atoms with Crippen molar-refractivity contribution in [3.05, 3.63) is 24.9 Å². The minimum Gasteiger partial charge on any atom is -0.384 e. The molecule has 0 aromatic carbocycles. The van der Waals surface area contributed by atoms with E-state index in [1.54, 1.807) is 0 Å². The van der Waals surface area contributed by atoms with Gasteiger partial charge in [0, 0.05) is 16.7 Å². The molecule has 1 aliphatic rings. The lowest BCUT2D eigenvalue weighted by atomic mass is 9.67. The second-order valence-electron chi connectivity index (χ2n) is 7.12. The summed E-state index contributed by atoms with van der Waals surface area (Å²) in [4.78, 5) is 0. The van der Waals surface area contributed by atoms with Crippen LogP contribution in [0.2, 0.25) is 0 Å². The van der Waals surface area contributed by atoms with Crippen molar-refractivity contribution < 1.29 is 0 Å². The quantitative estimate of drug-likeness (QED) is 0.712. The van der Waals surface area contributed by atoms with Gasteiger partial charge in [-0.25, -0.2) is 0 Å². The summed E-state index contributed by atoms with van der Waals surface area (Å²) in [5.41, 5.74) is 1.46. The van der Waals surface area contributed by atoms with Gasteiger partial charge < -0.3 is 10.6 Å². The van der Waals surface area contributed by atoms with Crippen molar-refractivity contribution in [2.24, 2.45) is 11.3 Å². The first-order valence-electron chi connectivity index (χ1n) is 7.59. The van der Waals surface area contributed by atoms with E-state index in [2.05, 4.69) is 51.5 Å². The highest BCUT2D eigenvalue weighted by Crippen LogP contribution is 2.43. The van der Waals surface area contributed by atoms with E-state index in [0.717, 1.165) is 31.8 Å². The van der Waals surface area contributed by atoms with Gasteiger partial charge in [-0.05, 0) is 65.5 Å². The zero-order valence-electron chi connectivity index (χ0n) is 13.3. The lowest BCUT2D eigenvalue weighted by molar-refractivity contribution is 0.158. The van der Waals surface area contributed by atoms with E-state index in [4.69, 9.17) is 0 Å². The molecule has 110 valence electrons. The Kier molecular flexibility index (Phi) is 5.66. The van der Waals surface area contributed by atoms with Gasteiger partial charge in [0.05, 0.1) is 0 Å². The van der Waals surface area contributed by atoms with E-state index in [0.29, 0.717) is 0 Å². The molecule has 1 saturated heterocycles. The maximum atomic E-state index is 4.37. The smallest absolute Gasteiger partial charge is 0.0286 e. The van der Waals surface area contributed by atoms with Crippen molar-refractivity contribution in [2.45, 2.75) is 58.9 Å². The van der Waals surface area contributed by atoms with Crippen molar-refractivity contribution in [2.75, 3.05) is 13.1 Å². The Bertz CT molecular complexity index is 308. The molecule has 0 radical (unpaired) electrons. The first kappa shape index (κ1) is 16.3. The van der Waals surface area contributed by atoms with Gasteiger partial charge in [-0.1, -0.05) is 19.6 Å². The Morgan fingerprint density at radius 3 is 2.32 bits per heavy atom. The summed E-state index contributed by atoms with van der Waals surface area (Å²) >= 11 is 0. The molecule has 19 heavy (non-hydrogen) atoms. The second-order valence-corrected chi connectivity index (χ2v) is 7.12. The second kappa shape index (κ2) is 6.60. The Morgan fingerprint density at radius 1 is 1.26 bits per heavy atom. The molecular weight excluding hydrogens is 232 g/mol. The Hall–Kier alpha value is -0.760. The van der Waals surface area contributed by atoms with Crippen LogP contribution >= 0.6 is 0 Å². The van der Waals surface area contributed by atoms with Crippen LogP contribution < -0.4 is 10.6 Å². The molecule has 1 aliphatic heterocycles. The maximum absolute atomic E-state index is 4.37. The Morgan fingerprint density at radius 2 is 1.84 bits per heavy atom. The first-order chi connectivity index (χ1) is 8.79. The molecule has 0 aromatic heterocycles. The minimum absolute atomic E-state index is 0.0828. The highest BCUT2D eigenvalue weighted by atomic mass is 15.0. The SMILES string of the molecule is C=CCCC(C)(C(=C)NC(C)(C)C)C1CCNCC1. The fourth-order valence-electron chi connectivity index (χ4n) is 3.06. The van der Waals surface area contributed by atoms with Crippen LogP contribution in [0.4, 0.5) is 0 Å². The van der Waals surface area contributed by atoms with Gasteiger partial charge in [0.2, 0.25) is 0 Å². The standard InChI is InChI=1S/C17H32N2/c1-7-8-11-17(6,14(2)19-16(3,4)5)15-9-12-18-13-10-15/h7,15,18-19H,1-2,8-13H2,3-6H3. The minimum atomic E-state index is 0.0828. The number of allylic oxidation sites excluding steroid dienone is 2. The van der Waals surface area contributed by atoms with E-state index in [-0.39, 0.29) is 11.0 Å². The van der Waals surface area contributed by atoms with Crippen LogP contribution in [0.25, 0.3) is 0 Å². The highest BCUT2D eigenvalue weighted by Gasteiger charge is 2.37. The van der Waals surface area contributed by atoms with Gasteiger partial charge in [-0.3, -0.25) is 0 Å². The molecule has 0 amide bonds. The molecule has 1 atom stereocenters. The lowest BCUT2D eigenvalue weighted by Gasteiger charge is -2.44. The average molecular weight is 264 g/mol. The number of nitrogens with one attached hydrogen (secondary N) is 2. The van der Waals surface area contributed by atoms with Crippen LogP contribution in [0, 0.1) is 11.3 Å². The van der Waals surface area contributed by atoms with Crippen LogP contribution in [-0.2, 0) is 0 Å². The first-order valence-corrected chi connectivity index (χ1v) is 7.59. The lowest BCUT2D eigenvalue weighted by Crippen LogP contribution is -2.45. The van der Waals surface area contributed by atoms with Crippen LogP contribution in [0.1, 0.15) is 53.4 Å². The van der Waals surface area contributed by atoms with Gasteiger partial charge in [-0.15, -0.1) is 6.58 Å². The maximum Gasteiger partial charge on any atom is 0.0286 e. The molecule has 0 spiro atoms. The van der Waals surface area contributed by atoms with Crippen LogP contribution in [0.15, 0.2) is 24.9 Å². The van der Waals surface area contributed by atoms with E-state index in [1.807, 2.05) is 6.08 Å². The predicted octanol–water partition coefficient (Wildman–Crippen LogP) is 3.86. The summed E-state index contributed by atoms with van der Waals surface area (Å²) in [6.45, 7) is 19.5. The third-order valence-corrected chi connectivity index (χ3v) is 4.32. The van der Waals surface area contributed by atoms with E-state index in [1.165, 1.54) is 18.5 Å². The summed E-state index contributed by atoms with van der Waals surface area (Å²) in [6, 6.07) is 0.